The predicted molar refractivity (Wildman–Crippen MR) is 67.7 cm³/mol. The van der Waals surface area contributed by atoms with Gasteiger partial charge in [0.15, 0.2) is 5.82 Å². The lowest BCUT2D eigenvalue weighted by atomic mass is 10.0. The van der Waals surface area contributed by atoms with Gasteiger partial charge in [0.2, 0.25) is 5.89 Å². The topological polar surface area (TPSA) is 51.0 Å². The molecule has 0 amide bonds. The second-order valence-electron chi connectivity index (χ2n) is 4.98. The lowest BCUT2D eigenvalue weighted by molar-refractivity contribution is 0.348. The van der Waals surface area contributed by atoms with Crippen LogP contribution in [0.2, 0.25) is 0 Å². The van der Waals surface area contributed by atoms with Crippen LogP contribution in [0.3, 0.4) is 0 Å². The summed E-state index contributed by atoms with van der Waals surface area (Å²) in [4.78, 5) is 4.17. The fraction of sp³-hybridized carbons (Fsp3) is 0.429. The average Bonchev–Trinajstić information content (AvgIpc) is 3.15. The molecule has 4 nitrogen and oxygen atoms in total. The van der Waals surface area contributed by atoms with Crippen LogP contribution in [0.4, 0.5) is 4.39 Å². The van der Waals surface area contributed by atoms with Gasteiger partial charge >= 0.3 is 0 Å². The minimum Gasteiger partial charge on any atom is -0.338 e. The highest BCUT2D eigenvalue weighted by Gasteiger charge is 2.32. The zero-order valence-corrected chi connectivity index (χ0v) is 10.8. The van der Waals surface area contributed by atoms with Gasteiger partial charge in [-0.25, -0.2) is 4.39 Å². The molecule has 2 aromatic rings. The SMILES string of the molecule is Cc1noc(CNC(c2ccc(F)cc2)C2CC2)n1. The Hall–Kier alpha value is -1.75. The van der Waals surface area contributed by atoms with Crippen LogP contribution < -0.4 is 5.32 Å². The van der Waals surface area contributed by atoms with E-state index in [1.807, 2.05) is 12.1 Å². The summed E-state index contributed by atoms with van der Waals surface area (Å²) in [6.45, 7) is 2.34. The number of halogens is 1. The van der Waals surface area contributed by atoms with Crippen molar-refractivity contribution in [1.82, 2.24) is 15.5 Å². The standard InChI is InChI=1S/C14H16FN3O/c1-9-17-13(19-18-9)8-16-14(10-2-3-10)11-4-6-12(15)7-5-11/h4-7,10,14,16H,2-3,8H2,1H3. The number of rotatable bonds is 5. The highest BCUT2D eigenvalue weighted by atomic mass is 19.1. The molecule has 1 saturated carbocycles. The van der Waals surface area contributed by atoms with E-state index in [4.69, 9.17) is 4.52 Å². The highest BCUT2D eigenvalue weighted by Crippen LogP contribution is 2.41. The van der Waals surface area contributed by atoms with Gasteiger partial charge in [0.05, 0.1) is 6.54 Å². The maximum Gasteiger partial charge on any atom is 0.240 e. The third-order valence-corrected chi connectivity index (χ3v) is 3.37. The van der Waals surface area contributed by atoms with E-state index in [-0.39, 0.29) is 11.9 Å². The molecule has 1 aliphatic carbocycles. The molecule has 0 aliphatic heterocycles. The van der Waals surface area contributed by atoms with Gasteiger partial charge in [-0.3, -0.25) is 0 Å². The van der Waals surface area contributed by atoms with E-state index in [2.05, 4.69) is 15.5 Å². The van der Waals surface area contributed by atoms with Gasteiger partial charge in [-0.05, 0) is 43.4 Å². The first-order valence-corrected chi connectivity index (χ1v) is 6.50. The van der Waals surface area contributed by atoms with Gasteiger partial charge in [0.25, 0.3) is 0 Å². The number of nitrogens with one attached hydrogen (secondary N) is 1. The molecule has 3 rings (SSSR count). The third-order valence-electron chi connectivity index (χ3n) is 3.37. The van der Waals surface area contributed by atoms with Crippen molar-refractivity contribution in [3.63, 3.8) is 0 Å². The summed E-state index contributed by atoms with van der Waals surface area (Å²) in [5, 5.41) is 7.19. The van der Waals surface area contributed by atoms with Gasteiger partial charge in [0, 0.05) is 6.04 Å². The summed E-state index contributed by atoms with van der Waals surface area (Å²) in [5.74, 6) is 1.65. The van der Waals surface area contributed by atoms with E-state index < -0.39 is 0 Å². The van der Waals surface area contributed by atoms with E-state index in [0.29, 0.717) is 24.2 Å². The molecule has 0 bridgehead atoms. The number of hydrogen-bond acceptors (Lipinski definition) is 4. The minimum atomic E-state index is -0.203. The first kappa shape index (κ1) is 12.3. The molecule has 1 atom stereocenters. The maximum atomic E-state index is 13.0. The second-order valence-corrected chi connectivity index (χ2v) is 4.98. The Balaban J connectivity index is 1.69. The van der Waals surface area contributed by atoms with E-state index in [1.54, 1.807) is 6.92 Å². The Kier molecular flexibility index (Phi) is 3.29. The molecular weight excluding hydrogens is 245 g/mol. The molecule has 0 saturated heterocycles. The van der Waals surface area contributed by atoms with E-state index >= 15 is 0 Å². The first-order chi connectivity index (χ1) is 9.22. The normalized spacial score (nSPS) is 16.5. The molecule has 100 valence electrons. The third kappa shape index (κ3) is 2.98. The van der Waals surface area contributed by atoms with Gasteiger partial charge in [0.1, 0.15) is 5.82 Å². The Morgan fingerprint density at radius 3 is 2.68 bits per heavy atom. The quantitative estimate of drug-likeness (QED) is 0.899. The van der Waals surface area contributed by atoms with Crippen LogP contribution in [0.15, 0.2) is 28.8 Å². The lowest BCUT2D eigenvalue weighted by Crippen LogP contribution is -2.22. The zero-order chi connectivity index (χ0) is 13.2. The fourth-order valence-electron chi connectivity index (χ4n) is 2.27. The van der Waals surface area contributed by atoms with Crippen molar-refractivity contribution in [2.45, 2.75) is 32.4 Å². The van der Waals surface area contributed by atoms with Gasteiger partial charge < -0.3 is 9.84 Å². The molecule has 0 spiro atoms. The molecule has 1 N–H and O–H groups in total. The van der Waals surface area contributed by atoms with Crippen molar-refractivity contribution in [2.75, 3.05) is 0 Å². The van der Waals surface area contributed by atoms with Gasteiger partial charge in [-0.1, -0.05) is 17.3 Å². The van der Waals surface area contributed by atoms with Crippen molar-refractivity contribution in [1.29, 1.82) is 0 Å². The molecular formula is C14H16FN3O. The Morgan fingerprint density at radius 1 is 1.37 bits per heavy atom. The van der Waals surface area contributed by atoms with Crippen molar-refractivity contribution in [3.05, 3.63) is 47.4 Å². The molecule has 0 radical (unpaired) electrons. The van der Waals surface area contributed by atoms with Crippen LogP contribution in [0, 0.1) is 18.7 Å². The number of aryl methyl sites for hydroxylation is 1. The number of aromatic nitrogens is 2. The van der Waals surface area contributed by atoms with Crippen LogP contribution >= 0.6 is 0 Å². The zero-order valence-electron chi connectivity index (χ0n) is 10.8. The first-order valence-electron chi connectivity index (χ1n) is 6.50. The van der Waals surface area contributed by atoms with Crippen LogP contribution in [-0.4, -0.2) is 10.1 Å². The molecule has 1 fully saturated rings. The molecule has 1 unspecified atom stereocenters. The Labute approximate surface area is 111 Å². The van der Waals surface area contributed by atoms with Crippen LogP contribution in [0.25, 0.3) is 0 Å². The summed E-state index contributed by atoms with van der Waals surface area (Å²) in [5.41, 5.74) is 1.11. The highest BCUT2D eigenvalue weighted by molar-refractivity contribution is 5.22. The van der Waals surface area contributed by atoms with Crippen molar-refractivity contribution >= 4 is 0 Å². The minimum absolute atomic E-state index is 0.203. The average molecular weight is 261 g/mol. The number of benzene rings is 1. The Bertz CT molecular complexity index is 548. The van der Waals surface area contributed by atoms with Crippen LogP contribution in [0.1, 0.15) is 36.2 Å². The molecule has 1 aliphatic rings. The number of hydrogen-bond donors (Lipinski definition) is 1. The Morgan fingerprint density at radius 2 is 2.11 bits per heavy atom. The van der Waals surface area contributed by atoms with Gasteiger partial charge in [-0.15, -0.1) is 0 Å². The van der Waals surface area contributed by atoms with Gasteiger partial charge in [-0.2, -0.15) is 4.98 Å². The number of nitrogens with zero attached hydrogens (tertiary/aromatic N) is 2. The van der Waals surface area contributed by atoms with Crippen molar-refractivity contribution in [3.8, 4) is 0 Å². The smallest absolute Gasteiger partial charge is 0.240 e. The fourth-order valence-corrected chi connectivity index (χ4v) is 2.27. The molecule has 5 heteroatoms. The van der Waals surface area contributed by atoms with E-state index in [1.165, 1.54) is 25.0 Å². The second kappa shape index (κ2) is 5.09. The van der Waals surface area contributed by atoms with Crippen LogP contribution in [0.5, 0.6) is 0 Å². The van der Waals surface area contributed by atoms with Crippen molar-refractivity contribution < 1.29 is 8.91 Å². The molecule has 1 heterocycles. The summed E-state index contributed by atoms with van der Waals surface area (Å²) >= 11 is 0. The largest absolute Gasteiger partial charge is 0.338 e. The van der Waals surface area contributed by atoms with E-state index in [0.717, 1.165) is 5.56 Å². The monoisotopic (exact) mass is 261 g/mol. The molecule has 1 aromatic carbocycles. The van der Waals surface area contributed by atoms with E-state index in [9.17, 15) is 4.39 Å². The van der Waals surface area contributed by atoms with Crippen LogP contribution in [-0.2, 0) is 6.54 Å². The molecule has 1 aromatic heterocycles. The predicted octanol–water partition coefficient (Wildman–Crippen LogP) is 2.76. The lowest BCUT2D eigenvalue weighted by Gasteiger charge is -2.17. The summed E-state index contributed by atoms with van der Waals surface area (Å²) < 4.78 is 18.1. The van der Waals surface area contributed by atoms with Crippen molar-refractivity contribution in [2.24, 2.45) is 5.92 Å². The molecule has 19 heavy (non-hydrogen) atoms. The summed E-state index contributed by atoms with van der Waals surface area (Å²) in [7, 11) is 0. The summed E-state index contributed by atoms with van der Waals surface area (Å²) in [6, 6.07) is 6.91. The maximum absolute atomic E-state index is 13.0. The summed E-state index contributed by atoms with van der Waals surface area (Å²) in [6.07, 6.45) is 2.41.